The summed E-state index contributed by atoms with van der Waals surface area (Å²) in [4.78, 5) is 4.06. The molecule has 1 rings (SSSR count). The van der Waals surface area contributed by atoms with Gasteiger partial charge in [0.1, 0.15) is 11.7 Å². The van der Waals surface area contributed by atoms with Crippen molar-refractivity contribution in [1.29, 1.82) is 0 Å². The maximum atomic E-state index is 14.7. The second-order valence-corrected chi connectivity index (χ2v) is 6.39. The normalized spacial score (nSPS) is 13.0. The van der Waals surface area contributed by atoms with Crippen molar-refractivity contribution in [3.8, 4) is 12.3 Å². The van der Waals surface area contributed by atoms with Crippen LogP contribution in [0.15, 0.2) is 34.3 Å². The van der Waals surface area contributed by atoms with Crippen LogP contribution in [-0.4, -0.2) is 12.9 Å². The number of terminal acetylenes is 1. The molecule has 168 valence electrons. The predicted octanol–water partition coefficient (Wildman–Crippen LogP) is 7.03. The van der Waals surface area contributed by atoms with Gasteiger partial charge in [-0.25, -0.2) is 8.78 Å². The monoisotopic (exact) mass is 437 g/mol. The molecule has 3 nitrogen and oxygen atoms in total. The molecule has 6 heteroatoms. The van der Waals surface area contributed by atoms with Crippen LogP contribution in [0.2, 0.25) is 0 Å². The number of hydrogen-bond acceptors (Lipinski definition) is 3. The number of benzene rings is 1. The van der Waals surface area contributed by atoms with E-state index in [9.17, 15) is 8.78 Å². The van der Waals surface area contributed by atoms with Gasteiger partial charge >= 0.3 is 0 Å². The maximum Gasteiger partial charge on any atom is 0.155 e. The van der Waals surface area contributed by atoms with Crippen molar-refractivity contribution in [2.45, 2.75) is 61.3 Å². The van der Waals surface area contributed by atoms with Crippen molar-refractivity contribution in [1.82, 2.24) is 0 Å². The molecule has 0 aliphatic carbocycles. The predicted molar refractivity (Wildman–Crippen MR) is 133 cm³/mol. The molecular weight excluding hydrogens is 400 g/mol. The minimum atomic E-state index is -0.585. The fourth-order valence-electron chi connectivity index (χ4n) is 2.52. The Kier molecular flexibility index (Phi) is 16.5. The van der Waals surface area contributed by atoms with Crippen LogP contribution in [0.4, 0.5) is 14.5 Å². The highest BCUT2D eigenvalue weighted by Crippen LogP contribution is 2.34. The lowest BCUT2D eigenvalue weighted by Gasteiger charge is -2.20. The number of hydrogen-bond donors (Lipinski definition) is 3. The van der Waals surface area contributed by atoms with Gasteiger partial charge in [-0.15, -0.1) is 12.3 Å². The van der Waals surface area contributed by atoms with Gasteiger partial charge in [0.15, 0.2) is 5.82 Å². The number of anilines is 1. The highest BCUT2D eigenvalue weighted by molar-refractivity contribution is 7.81. The highest BCUT2D eigenvalue weighted by atomic mass is 32.1. The van der Waals surface area contributed by atoms with Gasteiger partial charge in [-0.1, -0.05) is 59.1 Å². The Morgan fingerprint density at radius 1 is 1.33 bits per heavy atom. The van der Waals surface area contributed by atoms with E-state index < -0.39 is 11.6 Å². The Hall–Kier alpha value is -2.26. The first kappa shape index (κ1) is 29.9. The van der Waals surface area contributed by atoms with Crippen LogP contribution >= 0.6 is 12.8 Å². The molecule has 30 heavy (non-hydrogen) atoms. The summed E-state index contributed by atoms with van der Waals surface area (Å²) in [5.74, 6) is 1.81. The van der Waals surface area contributed by atoms with E-state index in [1.165, 1.54) is 0 Å². The van der Waals surface area contributed by atoms with Crippen molar-refractivity contribution in [2.75, 3.05) is 11.8 Å². The zero-order valence-corrected chi connectivity index (χ0v) is 20.4. The molecule has 1 aromatic carbocycles. The molecule has 0 spiro atoms. The van der Waals surface area contributed by atoms with Gasteiger partial charge in [0, 0.05) is 30.7 Å². The molecule has 1 atom stereocenters. The number of rotatable bonds is 6. The Morgan fingerprint density at radius 2 is 1.87 bits per heavy atom. The van der Waals surface area contributed by atoms with E-state index in [0.29, 0.717) is 17.0 Å². The van der Waals surface area contributed by atoms with Crippen LogP contribution in [0.5, 0.6) is 0 Å². The smallest absolute Gasteiger partial charge is 0.155 e. The summed E-state index contributed by atoms with van der Waals surface area (Å²) < 4.78 is 31.0. The molecule has 0 fully saturated rings. The lowest BCUT2D eigenvalue weighted by molar-refractivity contribution is 0.601. The molecule has 1 unspecified atom stereocenters. The van der Waals surface area contributed by atoms with Gasteiger partial charge in [-0.3, -0.25) is 4.99 Å². The third-order valence-corrected chi connectivity index (χ3v) is 4.69. The van der Waals surface area contributed by atoms with Crippen molar-refractivity contribution in [3.63, 3.8) is 0 Å². The summed E-state index contributed by atoms with van der Waals surface area (Å²) in [6.45, 7) is 13.8. The molecule has 0 saturated heterocycles. The van der Waals surface area contributed by atoms with E-state index in [1.807, 2.05) is 27.7 Å². The fourth-order valence-corrected chi connectivity index (χ4v) is 2.68. The summed E-state index contributed by atoms with van der Waals surface area (Å²) in [7, 11) is 1.58. The summed E-state index contributed by atoms with van der Waals surface area (Å²) in [5, 5.41) is 0. The number of thiol groups is 1. The number of amidine groups is 1. The van der Waals surface area contributed by atoms with Crippen LogP contribution in [0.25, 0.3) is 5.57 Å². The molecule has 0 bridgehead atoms. The first-order valence-corrected chi connectivity index (χ1v) is 10.6. The lowest BCUT2D eigenvalue weighted by atomic mass is 9.87. The third-order valence-electron chi connectivity index (χ3n) is 4.45. The van der Waals surface area contributed by atoms with Crippen LogP contribution in [-0.2, 0) is 0 Å². The minimum absolute atomic E-state index is 0.0276. The molecule has 0 aromatic heterocycles. The Labute approximate surface area is 187 Å². The van der Waals surface area contributed by atoms with Crippen molar-refractivity contribution in [3.05, 3.63) is 46.6 Å². The van der Waals surface area contributed by atoms with Crippen molar-refractivity contribution < 1.29 is 8.78 Å². The maximum absolute atomic E-state index is 14.7. The quantitative estimate of drug-likeness (QED) is 0.147. The van der Waals surface area contributed by atoms with E-state index in [1.54, 1.807) is 20.0 Å². The zero-order valence-electron chi connectivity index (χ0n) is 19.5. The second kappa shape index (κ2) is 16.5. The molecule has 0 aliphatic rings. The van der Waals surface area contributed by atoms with E-state index in [0.717, 1.165) is 30.5 Å². The van der Waals surface area contributed by atoms with Gasteiger partial charge in [0.05, 0.1) is 5.69 Å². The molecule has 0 heterocycles. The average molecular weight is 438 g/mol. The zero-order chi connectivity index (χ0) is 23.9. The molecular formula is C24H37F2N3S. The number of nitrogens with two attached hydrogens (primary N) is 1. The Bertz CT molecular complexity index is 790. The standard InChI is InChI=1S/C18H25F2N3S.C4H6.C2H6/c1-6-10(3)11(4)16(18(21)22-5)13(7-2)14-8-12(19)9-15(23-24)17(14)20;1-3-4-2;1-2/h7-10,23-24H,6H2,1-5H3,(H2,21,22);1H,4H2,2H3;1-2H3/b13-7-,16-11+;;. The van der Waals surface area contributed by atoms with Crippen LogP contribution in [0.1, 0.15) is 66.9 Å². The molecule has 0 aliphatic heterocycles. The minimum Gasteiger partial charge on any atom is -0.383 e. The van der Waals surface area contributed by atoms with E-state index in [-0.39, 0.29) is 17.2 Å². The number of halogens is 2. The molecule has 1 aromatic rings. The van der Waals surface area contributed by atoms with Crippen molar-refractivity contribution in [2.24, 2.45) is 16.6 Å². The first-order valence-electron chi connectivity index (χ1n) is 10.2. The van der Waals surface area contributed by atoms with E-state index in [2.05, 4.69) is 42.3 Å². The van der Waals surface area contributed by atoms with Gasteiger partial charge in [-0.05, 0) is 37.8 Å². The number of allylic oxidation sites excluding steroid dienone is 2. The molecule has 3 N–H and O–H groups in total. The third kappa shape index (κ3) is 8.62. The van der Waals surface area contributed by atoms with Gasteiger partial charge in [0.25, 0.3) is 0 Å². The SMILES string of the molecule is C#CCC.C/C=C(\C(C(N)=NC)=C(\C)C(C)CC)c1cc(F)cc(NS)c1F.CC. The summed E-state index contributed by atoms with van der Waals surface area (Å²) in [6, 6.07) is 2.22. The number of nitrogens with one attached hydrogen (secondary N) is 1. The molecule has 0 saturated carbocycles. The largest absolute Gasteiger partial charge is 0.383 e. The Balaban J connectivity index is 0. The summed E-state index contributed by atoms with van der Waals surface area (Å²) in [5.41, 5.74) is 8.32. The topological polar surface area (TPSA) is 50.4 Å². The van der Waals surface area contributed by atoms with Gasteiger partial charge in [-0.2, -0.15) is 0 Å². The molecule has 0 amide bonds. The van der Waals surface area contributed by atoms with Crippen LogP contribution < -0.4 is 10.5 Å². The highest BCUT2D eigenvalue weighted by Gasteiger charge is 2.21. The van der Waals surface area contributed by atoms with Crippen LogP contribution in [0.3, 0.4) is 0 Å². The Morgan fingerprint density at radius 3 is 2.23 bits per heavy atom. The van der Waals surface area contributed by atoms with Crippen molar-refractivity contribution >= 4 is 29.9 Å². The first-order chi connectivity index (χ1) is 14.2. The average Bonchev–Trinajstić information content (AvgIpc) is 2.78. The van der Waals surface area contributed by atoms with E-state index >= 15 is 0 Å². The summed E-state index contributed by atoms with van der Waals surface area (Å²) in [6.07, 6.45) is 8.25. The molecule has 0 radical (unpaired) electrons. The fraction of sp³-hybridized carbons (Fsp3) is 0.458. The van der Waals surface area contributed by atoms with E-state index in [4.69, 9.17) is 12.2 Å². The summed E-state index contributed by atoms with van der Waals surface area (Å²) >= 11 is 3.83. The second-order valence-electron chi connectivity index (χ2n) is 6.16. The number of nitrogens with zero attached hydrogens (tertiary/aromatic N) is 1. The van der Waals surface area contributed by atoms with Gasteiger partial charge in [0.2, 0.25) is 0 Å². The lowest BCUT2D eigenvalue weighted by Crippen LogP contribution is -2.20. The van der Waals surface area contributed by atoms with Crippen LogP contribution in [0, 0.1) is 29.9 Å². The number of aliphatic imine (C=N–C) groups is 1. The van der Waals surface area contributed by atoms with Gasteiger partial charge < -0.3 is 10.5 Å².